The lowest BCUT2D eigenvalue weighted by atomic mass is 10.2. The average molecular weight is 332 g/mol. The molecule has 0 amide bonds. The van der Waals surface area contributed by atoms with Gasteiger partial charge in [-0.15, -0.1) is 11.3 Å². The van der Waals surface area contributed by atoms with Crippen LogP contribution in [0.1, 0.15) is 10.4 Å². The van der Waals surface area contributed by atoms with Gasteiger partial charge in [-0.1, -0.05) is 6.07 Å². The third-order valence-electron chi connectivity index (χ3n) is 2.72. The fourth-order valence-electron chi connectivity index (χ4n) is 1.68. The SMILES string of the molecule is CNCc1ccc(S(=O)(=O)NCc2ccc(F)cc2F)s1. The van der Waals surface area contributed by atoms with Gasteiger partial charge in [0.15, 0.2) is 0 Å². The Morgan fingerprint density at radius 1 is 1.14 bits per heavy atom. The fourth-order valence-corrected chi connectivity index (χ4v) is 4.10. The Labute approximate surface area is 125 Å². The van der Waals surface area contributed by atoms with Gasteiger partial charge in [0.1, 0.15) is 15.8 Å². The second-order valence-electron chi connectivity index (χ2n) is 4.31. The van der Waals surface area contributed by atoms with E-state index >= 15 is 0 Å². The number of benzene rings is 1. The predicted molar refractivity (Wildman–Crippen MR) is 77.5 cm³/mol. The summed E-state index contributed by atoms with van der Waals surface area (Å²) in [6.45, 7) is 0.348. The molecule has 2 aromatic rings. The summed E-state index contributed by atoms with van der Waals surface area (Å²) in [4.78, 5) is 0.880. The first-order chi connectivity index (χ1) is 9.92. The van der Waals surface area contributed by atoms with Gasteiger partial charge in [-0.25, -0.2) is 21.9 Å². The first-order valence-electron chi connectivity index (χ1n) is 6.09. The van der Waals surface area contributed by atoms with Crippen LogP contribution in [0.3, 0.4) is 0 Å². The van der Waals surface area contributed by atoms with Gasteiger partial charge in [0.25, 0.3) is 0 Å². The van der Waals surface area contributed by atoms with Gasteiger partial charge in [-0.05, 0) is 25.2 Å². The number of nitrogens with one attached hydrogen (secondary N) is 2. The first-order valence-corrected chi connectivity index (χ1v) is 8.39. The average Bonchev–Trinajstić information content (AvgIpc) is 2.88. The van der Waals surface area contributed by atoms with Crippen molar-refractivity contribution in [2.45, 2.75) is 17.3 Å². The molecule has 0 unspecified atom stereocenters. The summed E-state index contributed by atoms with van der Waals surface area (Å²) < 4.78 is 52.9. The Bertz CT molecular complexity index is 730. The molecule has 8 heteroatoms. The van der Waals surface area contributed by atoms with Gasteiger partial charge in [0.05, 0.1) is 0 Å². The molecule has 1 heterocycles. The van der Waals surface area contributed by atoms with Crippen LogP contribution in [-0.2, 0) is 23.1 Å². The minimum absolute atomic E-state index is 0.0898. The molecule has 114 valence electrons. The first kappa shape index (κ1) is 16.0. The summed E-state index contributed by atoms with van der Waals surface area (Å²) in [7, 11) is -1.94. The molecule has 0 fully saturated rings. The van der Waals surface area contributed by atoms with E-state index in [1.54, 1.807) is 13.1 Å². The lowest BCUT2D eigenvalue weighted by molar-refractivity contribution is 0.563. The van der Waals surface area contributed by atoms with Crippen LogP contribution in [-0.4, -0.2) is 15.5 Å². The van der Waals surface area contributed by atoms with Crippen molar-refractivity contribution in [3.05, 3.63) is 52.4 Å². The Balaban J connectivity index is 2.10. The topological polar surface area (TPSA) is 58.2 Å². The molecule has 0 aliphatic heterocycles. The van der Waals surface area contributed by atoms with E-state index in [0.29, 0.717) is 6.54 Å². The van der Waals surface area contributed by atoms with E-state index in [-0.39, 0.29) is 16.3 Å². The molecule has 2 rings (SSSR count). The molecule has 4 nitrogen and oxygen atoms in total. The van der Waals surface area contributed by atoms with Crippen molar-refractivity contribution in [3.8, 4) is 0 Å². The van der Waals surface area contributed by atoms with Crippen LogP contribution in [0.25, 0.3) is 0 Å². The van der Waals surface area contributed by atoms with Crippen LogP contribution in [0, 0.1) is 11.6 Å². The summed E-state index contributed by atoms with van der Waals surface area (Å²) in [5.41, 5.74) is 0.0898. The maximum Gasteiger partial charge on any atom is 0.250 e. The van der Waals surface area contributed by atoms with E-state index in [9.17, 15) is 17.2 Å². The van der Waals surface area contributed by atoms with Crippen molar-refractivity contribution < 1.29 is 17.2 Å². The molecule has 0 radical (unpaired) electrons. The van der Waals surface area contributed by atoms with Crippen LogP contribution in [0.15, 0.2) is 34.5 Å². The zero-order valence-corrected chi connectivity index (χ0v) is 12.8. The van der Waals surface area contributed by atoms with E-state index in [0.717, 1.165) is 28.3 Å². The minimum atomic E-state index is -3.70. The zero-order valence-electron chi connectivity index (χ0n) is 11.2. The summed E-state index contributed by atoms with van der Waals surface area (Å²) in [6, 6.07) is 6.24. The highest BCUT2D eigenvalue weighted by molar-refractivity contribution is 7.91. The number of rotatable bonds is 6. The number of thiophene rings is 1. The molecule has 0 atom stereocenters. The summed E-state index contributed by atoms with van der Waals surface area (Å²) >= 11 is 1.14. The van der Waals surface area contributed by atoms with Crippen molar-refractivity contribution in [1.29, 1.82) is 0 Å². The number of hydrogen-bond donors (Lipinski definition) is 2. The monoisotopic (exact) mass is 332 g/mol. The number of halogens is 2. The molecule has 0 spiro atoms. The standard InChI is InChI=1S/C13H14F2N2O2S2/c1-16-8-11-4-5-13(20-11)21(18,19)17-7-9-2-3-10(14)6-12(9)15/h2-6,16-17H,7-8H2,1H3. The minimum Gasteiger partial charge on any atom is -0.315 e. The van der Waals surface area contributed by atoms with Gasteiger partial charge in [0, 0.05) is 29.6 Å². The lowest BCUT2D eigenvalue weighted by Crippen LogP contribution is -2.23. The van der Waals surface area contributed by atoms with Crippen LogP contribution in [0.2, 0.25) is 0 Å². The largest absolute Gasteiger partial charge is 0.315 e. The van der Waals surface area contributed by atoms with Crippen molar-refractivity contribution in [3.63, 3.8) is 0 Å². The van der Waals surface area contributed by atoms with Crippen LogP contribution in [0.5, 0.6) is 0 Å². The Morgan fingerprint density at radius 3 is 2.57 bits per heavy atom. The molecule has 0 aliphatic carbocycles. The van der Waals surface area contributed by atoms with Gasteiger partial charge in [-0.2, -0.15) is 0 Å². The van der Waals surface area contributed by atoms with Crippen molar-refractivity contribution in [2.24, 2.45) is 0 Å². The summed E-state index contributed by atoms with van der Waals surface area (Å²) in [5, 5.41) is 2.93. The smallest absolute Gasteiger partial charge is 0.250 e. The van der Waals surface area contributed by atoms with Crippen molar-refractivity contribution in [2.75, 3.05) is 7.05 Å². The molecule has 1 aromatic carbocycles. The fraction of sp³-hybridized carbons (Fsp3) is 0.231. The highest BCUT2D eigenvalue weighted by Crippen LogP contribution is 2.21. The third kappa shape index (κ3) is 4.07. The van der Waals surface area contributed by atoms with Gasteiger partial charge < -0.3 is 5.32 Å². The van der Waals surface area contributed by atoms with E-state index < -0.39 is 21.7 Å². The van der Waals surface area contributed by atoms with Crippen molar-refractivity contribution in [1.82, 2.24) is 10.0 Å². The maximum absolute atomic E-state index is 13.5. The molecular formula is C13H14F2N2O2S2. The third-order valence-corrected chi connectivity index (χ3v) is 5.70. The number of sulfonamides is 1. The van der Waals surface area contributed by atoms with Gasteiger partial charge in [-0.3, -0.25) is 0 Å². The maximum atomic E-state index is 13.5. The second-order valence-corrected chi connectivity index (χ2v) is 7.47. The normalized spacial score (nSPS) is 11.8. The highest BCUT2D eigenvalue weighted by Gasteiger charge is 2.17. The molecule has 0 saturated heterocycles. The zero-order chi connectivity index (χ0) is 15.5. The van der Waals surface area contributed by atoms with Gasteiger partial charge in [0.2, 0.25) is 10.0 Å². The molecular weight excluding hydrogens is 318 g/mol. The number of hydrogen-bond acceptors (Lipinski definition) is 4. The molecule has 0 aliphatic rings. The molecule has 0 bridgehead atoms. The highest BCUT2D eigenvalue weighted by atomic mass is 32.2. The molecule has 0 saturated carbocycles. The van der Waals surface area contributed by atoms with E-state index in [4.69, 9.17) is 0 Å². The summed E-state index contributed by atoms with van der Waals surface area (Å²) in [6.07, 6.45) is 0. The van der Waals surface area contributed by atoms with E-state index in [1.807, 2.05) is 0 Å². The molecule has 1 aromatic heterocycles. The van der Waals surface area contributed by atoms with Crippen LogP contribution >= 0.6 is 11.3 Å². The lowest BCUT2D eigenvalue weighted by Gasteiger charge is -2.06. The quantitative estimate of drug-likeness (QED) is 0.853. The second kappa shape index (κ2) is 6.61. The predicted octanol–water partition coefficient (Wildman–Crippen LogP) is 2.22. The van der Waals surface area contributed by atoms with Crippen molar-refractivity contribution >= 4 is 21.4 Å². The summed E-state index contributed by atoms with van der Waals surface area (Å²) in [5.74, 6) is -1.48. The van der Waals surface area contributed by atoms with Gasteiger partial charge >= 0.3 is 0 Å². The van der Waals surface area contributed by atoms with E-state index in [2.05, 4.69) is 10.0 Å². The van der Waals surface area contributed by atoms with Crippen LogP contribution < -0.4 is 10.0 Å². The van der Waals surface area contributed by atoms with E-state index in [1.165, 1.54) is 12.1 Å². The van der Waals surface area contributed by atoms with Crippen LogP contribution in [0.4, 0.5) is 8.78 Å². The Kier molecular flexibility index (Phi) is 5.04. The molecule has 21 heavy (non-hydrogen) atoms. The Hall–Kier alpha value is -1.35. The molecule has 2 N–H and O–H groups in total. The Morgan fingerprint density at radius 2 is 1.90 bits per heavy atom.